The van der Waals surface area contributed by atoms with Crippen LogP contribution in [0.1, 0.15) is 40.2 Å². The summed E-state index contributed by atoms with van der Waals surface area (Å²) in [5.74, 6) is 1.10. The number of hydrogen-bond acceptors (Lipinski definition) is 7. The zero-order valence-electron chi connectivity index (χ0n) is 21.0. The van der Waals surface area contributed by atoms with Gasteiger partial charge in [0.25, 0.3) is 0 Å². The van der Waals surface area contributed by atoms with Crippen LogP contribution in [0.15, 0.2) is 18.3 Å². The van der Waals surface area contributed by atoms with Gasteiger partial charge in [-0.2, -0.15) is 0 Å². The third-order valence-corrected chi connectivity index (χ3v) is 6.66. The highest BCUT2D eigenvalue weighted by molar-refractivity contribution is 5.44. The van der Waals surface area contributed by atoms with E-state index in [1.54, 1.807) is 0 Å². The molecule has 7 heteroatoms. The van der Waals surface area contributed by atoms with Crippen molar-refractivity contribution in [3.8, 4) is 0 Å². The smallest absolute Gasteiger partial charge is 0.128 e. The molecular weight excluding hydrogens is 402 g/mol. The average molecular weight is 448 g/mol. The molecule has 1 N–H and O–H groups in total. The van der Waals surface area contributed by atoms with Crippen LogP contribution < -0.4 is 10.2 Å². The van der Waals surface area contributed by atoms with E-state index in [4.69, 9.17) is 9.47 Å². The molecular formula is C25H45N5O2. The number of rotatable bonds is 10. The van der Waals surface area contributed by atoms with E-state index < -0.39 is 0 Å². The molecule has 0 aromatic carbocycles. The van der Waals surface area contributed by atoms with Gasteiger partial charge in [-0.25, -0.2) is 4.98 Å². The van der Waals surface area contributed by atoms with Gasteiger partial charge in [0.1, 0.15) is 5.82 Å². The molecule has 7 nitrogen and oxygen atoms in total. The number of nitrogens with one attached hydrogen (secondary N) is 1. The molecule has 2 saturated heterocycles. The van der Waals surface area contributed by atoms with Crippen LogP contribution in [0.2, 0.25) is 0 Å². The van der Waals surface area contributed by atoms with Gasteiger partial charge in [-0.1, -0.05) is 20.8 Å². The molecule has 0 radical (unpaired) electrons. The van der Waals surface area contributed by atoms with Crippen molar-refractivity contribution in [2.24, 2.45) is 0 Å². The standard InChI is InChI=1S/C25H45N5O2/c1-21-19-29(24-18-23(6-7-27-24)25(3,4)5)20-22(2)30(21)13-15-32-17-16-31-14-12-28-10-8-26-9-11-28/h6-7,18,21-22,26H,8-17,19-20H2,1-5H3/t21-,22+. The Hall–Kier alpha value is -1.25. The van der Waals surface area contributed by atoms with Crippen molar-refractivity contribution in [1.29, 1.82) is 0 Å². The predicted molar refractivity (Wildman–Crippen MR) is 132 cm³/mol. The molecule has 0 unspecified atom stereocenters. The summed E-state index contributed by atoms with van der Waals surface area (Å²) in [7, 11) is 0. The lowest BCUT2D eigenvalue weighted by molar-refractivity contribution is 0.0194. The van der Waals surface area contributed by atoms with E-state index in [1.807, 2.05) is 6.20 Å². The first-order chi connectivity index (χ1) is 15.3. The maximum absolute atomic E-state index is 5.87. The van der Waals surface area contributed by atoms with E-state index in [1.165, 1.54) is 5.56 Å². The fraction of sp³-hybridized carbons (Fsp3) is 0.800. The van der Waals surface area contributed by atoms with Crippen LogP contribution >= 0.6 is 0 Å². The summed E-state index contributed by atoms with van der Waals surface area (Å²) in [6.07, 6.45) is 1.96. The van der Waals surface area contributed by atoms with Crippen LogP contribution in [0.4, 0.5) is 5.82 Å². The Labute approximate surface area is 195 Å². The number of pyridine rings is 1. The molecule has 182 valence electrons. The van der Waals surface area contributed by atoms with Crippen LogP contribution in [0.5, 0.6) is 0 Å². The third kappa shape index (κ3) is 7.66. The average Bonchev–Trinajstić information content (AvgIpc) is 2.77. The minimum Gasteiger partial charge on any atom is -0.378 e. The molecule has 3 heterocycles. The molecule has 2 atom stereocenters. The summed E-state index contributed by atoms with van der Waals surface area (Å²) in [5, 5.41) is 3.38. The highest BCUT2D eigenvalue weighted by atomic mass is 16.5. The van der Waals surface area contributed by atoms with E-state index in [0.717, 1.165) is 71.4 Å². The minimum atomic E-state index is 0.142. The van der Waals surface area contributed by atoms with Crippen LogP contribution in [0.3, 0.4) is 0 Å². The second kappa shape index (κ2) is 12.3. The number of ether oxygens (including phenoxy) is 2. The molecule has 0 amide bonds. The van der Waals surface area contributed by atoms with Gasteiger partial charge in [0.15, 0.2) is 0 Å². The van der Waals surface area contributed by atoms with Gasteiger partial charge < -0.3 is 19.7 Å². The van der Waals surface area contributed by atoms with Crippen molar-refractivity contribution in [2.45, 2.75) is 52.1 Å². The normalized spacial score (nSPS) is 23.6. The van der Waals surface area contributed by atoms with Gasteiger partial charge in [-0.15, -0.1) is 0 Å². The summed E-state index contributed by atoms with van der Waals surface area (Å²) in [6.45, 7) is 22.7. The largest absolute Gasteiger partial charge is 0.378 e. The van der Waals surface area contributed by atoms with Crippen LogP contribution in [-0.4, -0.2) is 106 Å². The van der Waals surface area contributed by atoms with Gasteiger partial charge in [0, 0.05) is 70.6 Å². The van der Waals surface area contributed by atoms with Crippen LogP contribution in [0, 0.1) is 0 Å². The lowest BCUT2D eigenvalue weighted by Gasteiger charge is -2.45. The van der Waals surface area contributed by atoms with Crippen LogP contribution in [-0.2, 0) is 14.9 Å². The lowest BCUT2D eigenvalue weighted by Crippen LogP contribution is -2.57. The highest BCUT2D eigenvalue weighted by Gasteiger charge is 2.30. The topological polar surface area (TPSA) is 53.1 Å². The Morgan fingerprint density at radius 2 is 1.59 bits per heavy atom. The fourth-order valence-corrected chi connectivity index (χ4v) is 4.66. The van der Waals surface area contributed by atoms with Crippen molar-refractivity contribution in [1.82, 2.24) is 20.1 Å². The van der Waals surface area contributed by atoms with Crippen molar-refractivity contribution in [2.75, 3.05) is 83.7 Å². The summed E-state index contributed by atoms with van der Waals surface area (Å²) in [5.41, 5.74) is 1.48. The molecule has 1 aromatic rings. The van der Waals surface area contributed by atoms with Crippen molar-refractivity contribution >= 4 is 5.82 Å². The quantitative estimate of drug-likeness (QED) is 0.552. The molecule has 0 spiro atoms. The Morgan fingerprint density at radius 3 is 2.22 bits per heavy atom. The summed E-state index contributed by atoms with van der Waals surface area (Å²) < 4.78 is 11.6. The zero-order valence-corrected chi connectivity index (χ0v) is 21.0. The van der Waals surface area contributed by atoms with Gasteiger partial charge in [0.05, 0.1) is 26.4 Å². The van der Waals surface area contributed by atoms with Crippen molar-refractivity contribution < 1.29 is 9.47 Å². The van der Waals surface area contributed by atoms with E-state index in [2.05, 4.69) is 71.8 Å². The van der Waals surface area contributed by atoms with E-state index in [0.29, 0.717) is 25.3 Å². The fourth-order valence-electron chi connectivity index (χ4n) is 4.66. The van der Waals surface area contributed by atoms with E-state index in [9.17, 15) is 0 Å². The predicted octanol–water partition coefficient (Wildman–Crippen LogP) is 2.22. The van der Waals surface area contributed by atoms with E-state index in [-0.39, 0.29) is 5.41 Å². The van der Waals surface area contributed by atoms with Crippen LogP contribution in [0.25, 0.3) is 0 Å². The number of aromatic nitrogens is 1. The summed E-state index contributed by atoms with van der Waals surface area (Å²) in [4.78, 5) is 12.1. The van der Waals surface area contributed by atoms with Gasteiger partial charge in [0.2, 0.25) is 0 Å². The first-order valence-corrected chi connectivity index (χ1v) is 12.4. The molecule has 32 heavy (non-hydrogen) atoms. The maximum atomic E-state index is 5.87. The first-order valence-electron chi connectivity index (χ1n) is 12.4. The van der Waals surface area contributed by atoms with E-state index >= 15 is 0 Å². The monoisotopic (exact) mass is 447 g/mol. The number of piperazine rings is 2. The number of hydrogen-bond donors (Lipinski definition) is 1. The minimum absolute atomic E-state index is 0.142. The van der Waals surface area contributed by atoms with Gasteiger partial charge in [-0.05, 0) is 37.0 Å². The zero-order chi connectivity index (χ0) is 23.0. The molecule has 2 aliphatic heterocycles. The molecule has 2 fully saturated rings. The highest BCUT2D eigenvalue weighted by Crippen LogP contribution is 2.27. The molecule has 1 aromatic heterocycles. The maximum Gasteiger partial charge on any atom is 0.128 e. The van der Waals surface area contributed by atoms with Crippen molar-refractivity contribution in [3.63, 3.8) is 0 Å². The Bertz CT molecular complexity index is 663. The first kappa shape index (κ1) is 25.4. The molecule has 0 bridgehead atoms. The second-order valence-corrected chi connectivity index (χ2v) is 10.3. The van der Waals surface area contributed by atoms with Crippen molar-refractivity contribution in [3.05, 3.63) is 23.9 Å². The van der Waals surface area contributed by atoms with Gasteiger partial charge in [-0.3, -0.25) is 9.80 Å². The summed E-state index contributed by atoms with van der Waals surface area (Å²) >= 11 is 0. The molecule has 0 aliphatic carbocycles. The van der Waals surface area contributed by atoms with Gasteiger partial charge >= 0.3 is 0 Å². The Kier molecular flexibility index (Phi) is 9.74. The molecule has 0 saturated carbocycles. The molecule has 2 aliphatic rings. The SMILES string of the molecule is C[C@@H]1CN(c2cc(C(C)(C)C)ccn2)C[C@H](C)N1CCOCCOCCN1CCNCC1. The Balaban J connectivity index is 1.33. The number of anilines is 1. The summed E-state index contributed by atoms with van der Waals surface area (Å²) in [6, 6.07) is 5.34. The lowest BCUT2D eigenvalue weighted by atomic mass is 9.87. The third-order valence-electron chi connectivity index (χ3n) is 6.66. The second-order valence-electron chi connectivity index (χ2n) is 10.3. The number of nitrogens with zero attached hydrogens (tertiary/aromatic N) is 4. The Morgan fingerprint density at radius 1 is 0.969 bits per heavy atom. The molecule has 3 rings (SSSR count).